The first-order valence-electron chi connectivity index (χ1n) is 3.93. The highest BCUT2D eigenvalue weighted by atomic mass is 19.4. The minimum Gasteiger partial charge on any atom is -0.388 e. The number of alkyl halides is 3. The van der Waals surface area contributed by atoms with E-state index in [1.807, 2.05) is 0 Å². The number of aliphatic hydroxyl groups is 1. The molecule has 0 aromatic rings. The topological polar surface area (TPSA) is 20.2 Å². The van der Waals surface area contributed by atoms with Crippen molar-refractivity contribution < 1.29 is 18.3 Å². The van der Waals surface area contributed by atoms with Crippen molar-refractivity contribution in [2.24, 2.45) is 0 Å². The van der Waals surface area contributed by atoms with Crippen molar-refractivity contribution in [3.8, 4) is 0 Å². The van der Waals surface area contributed by atoms with Crippen LogP contribution in [0.3, 0.4) is 0 Å². The Morgan fingerprint density at radius 3 is 2.58 bits per heavy atom. The Kier molecular flexibility index (Phi) is 2.77. The number of halogens is 3. The number of rotatable bonds is 2. The van der Waals surface area contributed by atoms with E-state index < -0.39 is 18.7 Å². The summed E-state index contributed by atoms with van der Waals surface area (Å²) in [4.78, 5) is 0. The van der Waals surface area contributed by atoms with E-state index in [9.17, 15) is 13.2 Å². The summed E-state index contributed by atoms with van der Waals surface area (Å²) in [5, 5.41) is 9.10. The molecule has 0 spiro atoms. The van der Waals surface area contributed by atoms with Gasteiger partial charge in [-0.3, -0.25) is 0 Å². The summed E-state index contributed by atoms with van der Waals surface area (Å²) in [6, 6.07) is 0. The van der Waals surface area contributed by atoms with Crippen molar-refractivity contribution in [1.29, 1.82) is 0 Å². The lowest BCUT2D eigenvalue weighted by Crippen LogP contribution is -2.20. The molecular weight excluding hydrogens is 169 g/mol. The van der Waals surface area contributed by atoms with Gasteiger partial charge in [0.1, 0.15) is 0 Å². The molecule has 12 heavy (non-hydrogen) atoms. The van der Waals surface area contributed by atoms with Gasteiger partial charge in [0.25, 0.3) is 0 Å². The first kappa shape index (κ1) is 9.58. The largest absolute Gasteiger partial charge is 0.391 e. The molecule has 0 saturated carbocycles. The first-order chi connectivity index (χ1) is 5.49. The predicted octanol–water partition coefficient (Wildman–Crippen LogP) is 2.41. The maximum absolute atomic E-state index is 11.8. The van der Waals surface area contributed by atoms with E-state index in [4.69, 9.17) is 5.11 Å². The maximum atomic E-state index is 11.8. The molecule has 0 bridgehead atoms. The summed E-state index contributed by atoms with van der Waals surface area (Å²) in [7, 11) is 0. The molecule has 1 nitrogen and oxygen atoms in total. The van der Waals surface area contributed by atoms with Gasteiger partial charge in [0.2, 0.25) is 0 Å². The third-order valence-electron chi connectivity index (χ3n) is 1.93. The fourth-order valence-corrected chi connectivity index (χ4v) is 1.35. The minimum atomic E-state index is -4.26. The lowest BCUT2D eigenvalue weighted by atomic mass is 10.1. The third kappa shape index (κ3) is 2.85. The van der Waals surface area contributed by atoms with Crippen molar-refractivity contribution >= 4 is 0 Å². The predicted molar refractivity (Wildman–Crippen MR) is 38.6 cm³/mol. The molecule has 0 saturated heterocycles. The van der Waals surface area contributed by atoms with Gasteiger partial charge in [0.05, 0.1) is 12.5 Å². The lowest BCUT2D eigenvalue weighted by Gasteiger charge is -2.13. The van der Waals surface area contributed by atoms with Crippen LogP contribution >= 0.6 is 0 Å². The summed E-state index contributed by atoms with van der Waals surface area (Å²) < 4.78 is 35.3. The van der Waals surface area contributed by atoms with E-state index in [0.29, 0.717) is 12.0 Å². The number of aliphatic hydroxyl groups excluding tert-OH is 1. The van der Waals surface area contributed by atoms with Crippen molar-refractivity contribution in [3.63, 3.8) is 0 Å². The maximum Gasteiger partial charge on any atom is 0.391 e. The summed E-state index contributed by atoms with van der Waals surface area (Å²) in [5.41, 5.74) is 0.548. The average Bonchev–Trinajstić information content (AvgIpc) is 2.32. The molecule has 0 radical (unpaired) electrons. The molecule has 1 rings (SSSR count). The average molecular weight is 180 g/mol. The molecule has 0 aromatic carbocycles. The van der Waals surface area contributed by atoms with E-state index >= 15 is 0 Å². The van der Waals surface area contributed by atoms with Crippen molar-refractivity contribution in [1.82, 2.24) is 0 Å². The van der Waals surface area contributed by atoms with Crippen LogP contribution in [0.15, 0.2) is 11.6 Å². The number of hydrogen-bond acceptors (Lipinski definition) is 1. The molecule has 1 aliphatic rings. The van der Waals surface area contributed by atoms with Crippen molar-refractivity contribution in [3.05, 3.63) is 11.6 Å². The van der Waals surface area contributed by atoms with Crippen LogP contribution in [0.4, 0.5) is 13.2 Å². The zero-order valence-electron chi connectivity index (χ0n) is 6.56. The molecule has 70 valence electrons. The van der Waals surface area contributed by atoms with Gasteiger partial charge in [0, 0.05) is 0 Å². The van der Waals surface area contributed by atoms with Crippen LogP contribution < -0.4 is 0 Å². The molecule has 0 amide bonds. The quantitative estimate of drug-likeness (QED) is 0.647. The monoisotopic (exact) mass is 180 g/mol. The van der Waals surface area contributed by atoms with Crippen LogP contribution in [0, 0.1) is 0 Å². The molecule has 1 aliphatic carbocycles. The first-order valence-corrected chi connectivity index (χ1v) is 3.93. The van der Waals surface area contributed by atoms with Gasteiger partial charge in [-0.25, -0.2) is 0 Å². The molecular formula is C8H11F3O. The summed E-state index contributed by atoms with van der Waals surface area (Å²) in [6.45, 7) is 0. The fraction of sp³-hybridized carbons (Fsp3) is 0.750. The van der Waals surface area contributed by atoms with Gasteiger partial charge in [-0.15, -0.1) is 0 Å². The Labute approximate surface area is 68.9 Å². The highest BCUT2D eigenvalue weighted by Crippen LogP contribution is 2.29. The highest BCUT2D eigenvalue weighted by molar-refractivity contribution is 5.12. The van der Waals surface area contributed by atoms with Gasteiger partial charge < -0.3 is 5.11 Å². The molecule has 0 aliphatic heterocycles. The van der Waals surface area contributed by atoms with E-state index in [0.717, 1.165) is 12.8 Å². The molecule has 1 unspecified atom stereocenters. The Balaban J connectivity index is 2.42. The zero-order chi connectivity index (χ0) is 9.19. The number of hydrogen-bond donors (Lipinski definition) is 1. The second-order valence-corrected chi connectivity index (χ2v) is 3.01. The second-order valence-electron chi connectivity index (χ2n) is 3.01. The van der Waals surface area contributed by atoms with E-state index in [1.165, 1.54) is 0 Å². The van der Waals surface area contributed by atoms with Crippen LogP contribution in [-0.4, -0.2) is 17.4 Å². The van der Waals surface area contributed by atoms with E-state index in [-0.39, 0.29) is 0 Å². The van der Waals surface area contributed by atoms with Crippen LogP contribution in [-0.2, 0) is 0 Å². The molecule has 0 aromatic heterocycles. The standard InChI is InChI=1S/C8H11F3O/c9-8(10,11)5-7(12)6-3-1-2-4-6/h3,7,12H,1-2,4-5H2. The van der Waals surface area contributed by atoms with Crippen LogP contribution in [0.5, 0.6) is 0 Å². The van der Waals surface area contributed by atoms with Crippen LogP contribution in [0.2, 0.25) is 0 Å². The Morgan fingerprint density at radius 2 is 2.17 bits per heavy atom. The molecule has 0 fully saturated rings. The minimum absolute atomic E-state index is 0.548. The van der Waals surface area contributed by atoms with Gasteiger partial charge in [0.15, 0.2) is 0 Å². The van der Waals surface area contributed by atoms with Crippen molar-refractivity contribution in [2.45, 2.75) is 38.0 Å². The van der Waals surface area contributed by atoms with Crippen LogP contribution in [0.25, 0.3) is 0 Å². The fourth-order valence-electron chi connectivity index (χ4n) is 1.35. The Hall–Kier alpha value is -0.510. The molecule has 4 heteroatoms. The third-order valence-corrected chi connectivity index (χ3v) is 1.93. The Morgan fingerprint density at radius 1 is 1.50 bits per heavy atom. The molecule has 1 N–H and O–H groups in total. The lowest BCUT2D eigenvalue weighted by molar-refractivity contribution is -0.149. The van der Waals surface area contributed by atoms with Gasteiger partial charge >= 0.3 is 6.18 Å². The molecule has 0 heterocycles. The molecule has 1 atom stereocenters. The summed E-state index contributed by atoms with van der Waals surface area (Å²) >= 11 is 0. The Bertz CT molecular complexity index is 183. The van der Waals surface area contributed by atoms with E-state index in [2.05, 4.69) is 0 Å². The second kappa shape index (κ2) is 3.47. The summed E-state index contributed by atoms with van der Waals surface area (Å²) in [5.74, 6) is 0. The van der Waals surface area contributed by atoms with Gasteiger partial charge in [-0.05, 0) is 24.8 Å². The van der Waals surface area contributed by atoms with Crippen LogP contribution in [0.1, 0.15) is 25.7 Å². The van der Waals surface area contributed by atoms with Crippen molar-refractivity contribution in [2.75, 3.05) is 0 Å². The van der Waals surface area contributed by atoms with E-state index in [1.54, 1.807) is 6.08 Å². The zero-order valence-corrected chi connectivity index (χ0v) is 6.56. The normalized spacial score (nSPS) is 20.8. The van der Waals surface area contributed by atoms with Gasteiger partial charge in [-0.2, -0.15) is 13.2 Å². The highest BCUT2D eigenvalue weighted by Gasteiger charge is 2.32. The number of allylic oxidation sites excluding steroid dienone is 1. The smallest absolute Gasteiger partial charge is 0.388 e. The van der Waals surface area contributed by atoms with Gasteiger partial charge in [-0.1, -0.05) is 6.08 Å². The SMILES string of the molecule is OC(CC(F)(F)F)C1=CCCC1. The summed E-state index contributed by atoms with van der Waals surface area (Å²) in [6.07, 6.45) is -2.71.